The van der Waals surface area contributed by atoms with Gasteiger partial charge in [-0.1, -0.05) is 23.2 Å². The zero-order valence-corrected chi connectivity index (χ0v) is 13.6. The summed E-state index contributed by atoms with van der Waals surface area (Å²) >= 11 is 13.2. The smallest absolute Gasteiger partial charge is 0.261 e. The molecule has 0 bridgehead atoms. The van der Waals surface area contributed by atoms with Crippen molar-refractivity contribution in [1.29, 1.82) is 0 Å². The third-order valence-electron chi connectivity index (χ3n) is 2.54. The average Bonchev–Trinajstić information content (AvgIpc) is 2.42. The minimum Gasteiger partial charge on any atom is -0.280 e. The van der Waals surface area contributed by atoms with Gasteiger partial charge in [-0.2, -0.15) is 0 Å². The number of sulfonamides is 1. The molecule has 0 unspecified atom stereocenters. The fourth-order valence-corrected chi connectivity index (χ4v) is 3.37. The lowest BCUT2D eigenvalue weighted by molar-refractivity contribution is 0.601. The van der Waals surface area contributed by atoms with Crippen LogP contribution in [0.4, 0.5) is 5.69 Å². The van der Waals surface area contributed by atoms with Crippen LogP contribution < -0.4 is 4.72 Å². The highest BCUT2D eigenvalue weighted by Crippen LogP contribution is 2.26. The van der Waals surface area contributed by atoms with Gasteiger partial charge in [0.05, 0.1) is 14.9 Å². The molecule has 0 atom stereocenters. The molecular formula is C13H11Cl2NO2S2. The molecule has 0 radical (unpaired) electrons. The van der Waals surface area contributed by atoms with E-state index in [1.807, 2.05) is 18.4 Å². The normalized spacial score (nSPS) is 11.3. The number of benzene rings is 2. The first kappa shape index (κ1) is 15.5. The Morgan fingerprint density at radius 1 is 1.00 bits per heavy atom. The maximum Gasteiger partial charge on any atom is 0.261 e. The molecule has 0 aliphatic heterocycles. The van der Waals surface area contributed by atoms with Crippen molar-refractivity contribution >= 4 is 50.7 Å². The first-order valence-electron chi connectivity index (χ1n) is 5.54. The van der Waals surface area contributed by atoms with E-state index in [0.29, 0.717) is 10.7 Å². The van der Waals surface area contributed by atoms with Crippen LogP contribution in [-0.4, -0.2) is 14.7 Å². The van der Waals surface area contributed by atoms with E-state index in [2.05, 4.69) is 4.72 Å². The number of hydrogen-bond donors (Lipinski definition) is 1. The summed E-state index contributed by atoms with van der Waals surface area (Å²) in [4.78, 5) is 1.13. The zero-order valence-electron chi connectivity index (χ0n) is 10.4. The van der Waals surface area contributed by atoms with Crippen molar-refractivity contribution in [3.8, 4) is 0 Å². The predicted molar refractivity (Wildman–Crippen MR) is 85.5 cm³/mol. The molecule has 0 aliphatic carbocycles. The van der Waals surface area contributed by atoms with Crippen LogP contribution in [-0.2, 0) is 10.0 Å². The second-order valence-electron chi connectivity index (χ2n) is 3.91. The monoisotopic (exact) mass is 347 g/mol. The molecule has 3 nitrogen and oxygen atoms in total. The molecule has 20 heavy (non-hydrogen) atoms. The lowest BCUT2D eigenvalue weighted by atomic mass is 10.3. The molecule has 0 heterocycles. The summed E-state index contributed by atoms with van der Waals surface area (Å²) in [5, 5.41) is 0.516. The van der Waals surface area contributed by atoms with Crippen molar-refractivity contribution in [2.75, 3.05) is 11.0 Å². The Balaban J connectivity index is 2.27. The molecule has 0 saturated heterocycles. The highest BCUT2D eigenvalue weighted by Gasteiger charge is 2.15. The minimum absolute atomic E-state index is 0.0702. The fraction of sp³-hybridized carbons (Fsp3) is 0.0769. The van der Waals surface area contributed by atoms with Gasteiger partial charge in [0.15, 0.2) is 0 Å². The van der Waals surface area contributed by atoms with Crippen LogP contribution in [0.25, 0.3) is 0 Å². The van der Waals surface area contributed by atoms with Gasteiger partial charge in [-0.3, -0.25) is 4.72 Å². The second kappa shape index (κ2) is 6.26. The molecule has 2 rings (SSSR count). The molecule has 0 amide bonds. The zero-order chi connectivity index (χ0) is 14.8. The Hall–Kier alpha value is -0.880. The topological polar surface area (TPSA) is 46.2 Å². The largest absolute Gasteiger partial charge is 0.280 e. The van der Waals surface area contributed by atoms with Crippen LogP contribution in [0, 0.1) is 0 Å². The number of nitrogens with one attached hydrogen (secondary N) is 1. The summed E-state index contributed by atoms with van der Waals surface area (Å²) in [7, 11) is -3.67. The van der Waals surface area contributed by atoms with Gasteiger partial charge in [0.25, 0.3) is 10.0 Å². The van der Waals surface area contributed by atoms with Crippen molar-refractivity contribution in [1.82, 2.24) is 0 Å². The Kier molecular flexibility index (Phi) is 4.86. The molecule has 0 spiro atoms. The van der Waals surface area contributed by atoms with Gasteiger partial charge in [0.1, 0.15) is 0 Å². The van der Waals surface area contributed by atoms with Crippen molar-refractivity contribution in [2.24, 2.45) is 0 Å². The summed E-state index contributed by atoms with van der Waals surface area (Å²) < 4.78 is 26.9. The van der Waals surface area contributed by atoms with Gasteiger partial charge in [0, 0.05) is 10.6 Å². The van der Waals surface area contributed by atoms with E-state index in [9.17, 15) is 8.42 Å². The average molecular weight is 348 g/mol. The van der Waals surface area contributed by atoms with Crippen LogP contribution in [0.15, 0.2) is 52.3 Å². The third kappa shape index (κ3) is 3.61. The number of thioether (sulfide) groups is 1. The summed E-state index contributed by atoms with van der Waals surface area (Å²) in [6, 6.07) is 11.3. The highest BCUT2D eigenvalue weighted by molar-refractivity contribution is 7.98. The maximum atomic E-state index is 12.2. The summed E-state index contributed by atoms with van der Waals surface area (Å²) in [5.41, 5.74) is 0.494. The van der Waals surface area contributed by atoms with Crippen molar-refractivity contribution in [3.63, 3.8) is 0 Å². The molecule has 2 aromatic rings. The van der Waals surface area contributed by atoms with Gasteiger partial charge in [-0.25, -0.2) is 8.42 Å². The van der Waals surface area contributed by atoms with Gasteiger partial charge >= 0.3 is 0 Å². The van der Waals surface area contributed by atoms with E-state index in [1.165, 1.54) is 18.2 Å². The predicted octanol–water partition coefficient (Wildman–Crippen LogP) is 4.52. The van der Waals surface area contributed by atoms with Crippen LogP contribution >= 0.6 is 35.0 Å². The van der Waals surface area contributed by atoms with E-state index >= 15 is 0 Å². The summed E-state index contributed by atoms with van der Waals surface area (Å²) in [5.74, 6) is 0. The Morgan fingerprint density at radius 3 is 2.20 bits per heavy atom. The quantitative estimate of drug-likeness (QED) is 0.827. The lowest BCUT2D eigenvalue weighted by Gasteiger charge is -2.09. The molecule has 0 fully saturated rings. The highest BCUT2D eigenvalue weighted by atomic mass is 35.5. The van der Waals surface area contributed by atoms with Crippen molar-refractivity contribution in [2.45, 2.75) is 9.79 Å². The third-order valence-corrected chi connectivity index (χ3v) is 5.41. The number of rotatable bonds is 4. The van der Waals surface area contributed by atoms with Gasteiger partial charge in [-0.05, 0) is 48.7 Å². The summed E-state index contributed by atoms with van der Waals surface area (Å²) in [6.07, 6.45) is 1.95. The van der Waals surface area contributed by atoms with E-state index < -0.39 is 10.0 Å². The SMILES string of the molecule is CSc1ccc(NS(=O)(=O)c2ccc(Cl)c(Cl)c2)cc1. The van der Waals surface area contributed by atoms with Gasteiger partial charge in [0.2, 0.25) is 0 Å². The molecule has 0 aromatic heterocycles. The minimum atomic E-state index is -3.67. The van der Waals surface area contributed by atoms with Gasteiger partial charge in [-0.15, -0.1) is 11.8 Å². The standard InChI is InChI=1S/C13H11Cl2NO2S2/c1-19-10-4-2-9(3-5-10)16-20(17,18)11-6-7-12(14)13(15)8-11/h2-8,16H,1H3. The van der Waals surface area contributed by atoms with E-state index in [-0.39, 0.29) is 9.92 Å². The number of anilines is 1. The Morgan fingerprint density at radius 2 is 1.65 bits per heavy atom. The Bertz CT molecular complexity index is 716. The van der Waals surface area contributed by atoms with Crippen LogP contribution in [0.5, 0.6) is 0 Å². The summed E-state index contributed by atoms with van der Waals surface area (Å²) in [6.45, 7) is 0. The van der Waals surface area contributed by atoms with Crippen molar-refractivity contribution < 1.29 is 8.42 Å². The van der Waals surface area contributed by atoms with Crippen molar-refractivity contribution in [3.05, 3.63) is 52.5 Å². The van der Waals surface area contributed by atoms with Crippen LogP contribution in [0.2, 0.25) is 10.0 Å². The lowest BCUT2D eigenvalue weighted by Crippen LogP contribution is -2.12. The molecular weight excluding hydrogens is 337 g/mol. The van der Waals surface area contributed by atoms with Gasteiger partial charge < -0.3 is 0 Å². The first-order valence-corrected chi connectivity index (χ1v) is 9.01. The second-order valence-corrected chi connectivity index (χ2v) is 7.29. The molecule has 1 N–H and O–H groups in total. The first-order chi connectivity index (χ1) is 9.42. The molecule has 2 aromatic carbocycles. The molecule has 0 saturated carbocycles. The van der Waals surface area contributed by atoms with Crippen LogP contribution in [0.1, 0.15) is 0 Å². The fourth-order valence-electron chi connectivity index (χ4n) is 1.52. The maximum absolute atomic E-state index is 12.2. The van der Waals surface area contributed by atoms with Crippen LogP contribution in [0.3, 0.4) is 0 Å². The molecule has 106 valence electrons. The van der Waals surface area contributed by atoms with E-state index in [0.717, 1.165) is 4.90 Å². The van der Waals surface area contributed by atoms with E-state index in [1.54, 1.807) is 23.9 Å². The number of hydrogen-bond acceptors (Lipinski definition) is 3. The molecule has 0 aliphatic rings. The Labute approximate surface area is 132 Å². The number of halogens is 2. The molecule has 7 heteroatoms. The van der Waals surface area contributed by atoms with E-state index in [4.69, 9.17) is 23.2 Å².